The van der Waals surface area contributed by atoms with Crippen LogP contribution in [-0.4, -0.2) is 119 Å². The van der Waals surface area contributed by atoms with Gasteiger partial charge >= 0.3 is 48.0 Å². The van der Waals surface area contributed by atoms with Crippen molar-refractivity contribution >= 4 is 62.8 Å². The maximum absolute atomic E-state index is 13.3. The first kappa shape index (κ1) is 100. The lowest BCUT2D eigenvalue weighted by Crippen LogP contribution is -2.61. The van der Waals surface area contributed by atoms with E-state index >= 15 is 0 Å². The Morgan fingerprint density at radius 1 is 0.508 bits per heavy atom. The molecule has 6 bridgehead atoms. The number of carbonyl (C=O) groups is 7. The Balaban J connectivity index is 0.000000174. The molecule has 1 N–H and O–H groups in total. The Labute approximate surface area is 744 Å². The van der Waals surface area contributed by atoms with Gasteiger partial charge in [0, 0.05) is 12.3 Å². The fourth-order valence-electron chi connectivity index (χ4n) is 16.2. The molecule has 3 heterocycles. The van der Waals surface area contributed by atoms with Crippen molar-refractivity contribution in [1.29, 1.82) is 0 Å². The first-order valence-electron chi connectivity index (χ1n) is 43.6. The SMILES string of the molecule is CCC(C)(C)C(=O)OC(C)(C)C1c2ccccc2-c2ccccc21.CCC(C)(C)C(=O)OC12CC3CC(C1)CC(C(=O)OC(CS(=O)(=O)[O-])C(F)(F)F)(C3)C2.CCC(C)(C)C(=O)OC1C2CC3C(=O)OC1C3O2.CCC(C)(C)C(=O)Oc1ccc(O)cc1.CCC(C)(C)C(=O)Oc1ccc(OC(C)(C)C)cc1.c1ccc([S+](c2ccccc2)c2ccccc2)cc1. The third-order valence-corrected chi connectivity index (χ3v) is 28.2. The molecule has 8 aliphatic rings. The number of hydrogen-bond donors (Lipinski definition) is 1. The predicted molar refractivity (Wildman–Crippen MR) is 475 cm³/mol. The van der Waals surface area contributed by atoms with E-state index in [9.17, 15) is 59.7 Å². The number of phenolic OH excluding ortho intramolecular Hbond substituents is 1. The normalized spacial score (nSPS) is 21.6. The number of aromatic hydroxyl groups is 1. The fraction of sp³-hybridized carbons (Fsp3) is 0.515. The van der Waals surface area contributed by atoms with Crippen LogP contribution in [0, 0.1) is 50.2 Å². The highest BCUT2D eigenvalue weighted by Gasteiger charge is 2.66. The first-order valence-corrected chi connectivity index (χ1v) is 46.4. The van der Waals surface area contributed by atoms with Gasteiger partial charge in [-0.1, -0.05) is 138 Å². The van der Waals surface area contributed by atoms with Crippen LogP contribution in [0.1, 0.15) is 233 Å². The van der Waals surface area contributed by atoms with Crippen molar-refractivity contribution in [2.24, 2.45) is 50.2 Å². The molecule has 20 nitrogen and oxygen atoms in total. The molecule has 684 valence electrons. The van der Waals surface area contributed by atoms with Crippen LogP contribution in [0.2, 0.25) is 0 Å². The van der Waals surface area contributed by atoms with Gasteiger partial charge in [0.25, 0.3) is 0 Å². The Kier molecular flexibility index (Phi) is 32.1. The summed E-state index contributed by atoms with van der Waals surface area (Å²) in [5, 5.41) is 9.06. The van der Waals surface area contributed by atoms with Crippen LogP contribution in [0.3, 0.4) is 0 Å². The molecule has 3 aliphatic heterocycles. The average molecular weight is 1780 g/mol. The molecule has 7 aromatic carbocycles. The molecule has 7 fully saturated rings. The van der Waals surface area contributed by atoms with E-state index in [-0.39, 0.29) is 94.4 Å². The van der Waals surface area contributed by atoms with Gasteiger partial charge in [-0.05, 0) is 294 Å². The van der Waals surface area contributed by atoms with Crippen LogP contribution >= 0.6 is 0 Å². The minimum absolute atomic E-state index is 0.00100. The topological polar surface area (TPSA) is 280 Å². The van der Waals surface area contributed by atoms with Crippen molar-refractivity contribution in [3.05, 3.63) is 199 Å². The second-order valence-electron chi connectivity index (χ2n) is 38.7. The summed E-state index contributed by atoms with van der Waals surface area (Å²) in [5.41, 5.74) is -0.722. The number of hydrogen-bond acceptors (Lipinski definition) is 20. The number of ether oxygens (including phenoxy) is 9. The number of fused-ring (bicyclic) bond motifs is 4. The number of alkyl halides is 3. The summed E-state index contributed by atoms with van der Waals surface area (Å²) in [5.74, 6) is -2.64. The molecular weight excluding hydrogens is 1650 g/mol. The molecule has 0 radical (unpaired) electrons. The van der Waals surface area contributed by atoms with E-state index in [0.29, 0.717) is 56.4 Å². The van der Waals surface area contributed by atoms with E-state index < -0.39 is 96.0 Å². The van der Waals surface area contributed by atoms with Crippen LogP contribution in [0.5, 0.6) is 23.0 Å². The molecule has 7 aromatic rings. The zero-order valence-electron chi connectivity index (χ0n) is 76.4. The highest BCUT2D eigenvalue weighted by molar-refractivity contribution is 7.97. The quantitative estimate of drug-likeness (QED) is 0.0193. The Morgan fingerprint density at radius 3 is 1.33 bits per heavy atom. The van der Waals surface area contributed by atoms with Gasteiger partial charge in [-0.2, -0.15) is 13.2 Å². The lowest BCUT2D eigenvalue weighted by atomic mass is 9.48. The van der Waals surface area contributed by atoms with Crippen LogP contribution in [0.25, 0.3) is 11.1 Å². The van der Waals surface area contributed by atoms with Crippen LogP contribution in [0.4, 0.5) is 13.2 Å². The van der Waals surface area contributed by atoms with E-state index in [2.05, 4.69) is 144 Å². The Morgan fingerprint density at radius 2 is 0.905 bits per heavy atom. The minimum atomic E-state index is -5.27. The molecule has 0 amide bonds. The zero-order valence-corrected chi connectivity index (χ0v) is 78.1. The summed E-state index contributed by atoms with van der Waals surface area (Å²) in [4.78, 5) is 89.6. The van der Waals surface area contributed by atoms with E-state index in [1.54, 1.807) is 38.1 Å². The van der Waals surface area contributed by atoms with E-state index in [4.69, 9.17) is 43.0 Å². The standard InChI is InChI=1S/C22H26O2.C20H29F3O7S.C18H15S.C16H24O3.C13H18O5.C12H16O3/c1-6-21(2,3)20(23)24-22(4,5)19-17-13-9-7-11-15(17)16-12-8-10-14-18(16)19;1-4-17(2,3)15(24)30-19-8-12-5-13(9-19)7-18(6-12,11-19)16(25)29-14(20(21,22)23)10-31(26,27)28;1-4-10-16(11-5-1)19(17-12-6-2-7-13-17)18-14-8-3-9-15-18;1-7-16(5,6)14(17)18-12-8-10-13(11-9-12)19-15(2,3)4;1-4-13(2,3)12(15)18-9-7-5-6-8(16-7)10(9)17-11(6)14;1-4-12(2,3)11(14)15-10-7-5-9(13)6-8-10/h7-14,19H,6H2,1-5H3;12-14H,4-11H2,1-3H3,(H,26,27,28);1-15H;8-11H,7H2,1-6H3;6-10H,4-5H2,1-3H3;5-8,13H,4H2,1-3H3/q;;+1;;;/p-1. The Bertz CT molecular complexity index is 4850. The van der Waals surface area contributed by atoms with Gasteiger partial charge in [0.05, 0.1) is 71.3 Å². The van der Waals surface area contributed by atoms with Crippen molar-refractivity contribution in [1.82, 2.24) is 0 Å². The van der Waals surface area contributed by atoms with Crippen molar-refractivity contribution in [3.8, 4) is 34.1 Å². The second-order valence-corrected chi connectivity index (χ2v) is 42.2. The minimum Gasteiger partial charge on any atom is -0.748 e. The number of carbonyl (C=O) groups excluding carboxylic acids is 7. The highest BCUT2D eigenvalue weighted by Crippen LogP contribution is 2.64. The molecule has 0 spiro atoms. The summed E-state index contributed by atoms with van der Waals surface area (Å²) in [6, 6.07) is 62.3. The first-order chi connectivity index (χ1) is 58.7. The fourth-order valence-corrected chi connectivity index (χ4v) is 19.0. The van der Waals surface area contributed by atoms with Gasteiger partial charge in [0.1, 0.15) is 45.9 Å². The van der Waals surface area contributed by atoms with E-state index in [1.807, 2.05) is 137 Å². The molecule has 126 heavy (non-hydrogen) atoms. The van der Waals surface area contributed by atoms with Crippen molar-refractivity contribution in [2.75, 3.05) is 5.75 Å². The van der Waals surface area contributed by atoms with Gasteiger partial charge in [0.15, 0.2) is 26.9 Å². The summed E-state index contributed by atoms with van der Waals surface area (Å²) >= 11 is 0. The highest BCUT2D eigenvalue weighted by atomic mass is 32.2. The van der Waals surface area contributed by atoms with Crippen LogP contribution in [0.15, 0.2) is 203 Å². The number of phenols is 1. The molecule has 8 atom stereocenters. The molecule has 5 aliphatic carbocycles. The molecule has 4 saturated carbocycles. The Hall–Kier alpha value is -9.56. The van der Waals surface area contributed by atoms with Crippen LogP contribution in [-0.2, 0) is 83.0 Å². The zero-order chi connectivity index (χ0) is 93.1. The summed E-state index contributed by atoms with van der Waals surface area (Å²) in [7, 11) is -5.29. The predicted octanol–water partition coefficient (Wildman–Crippen LogP) is 21.6. The lowest BCUT2D eigenvalue weighted by molar-refractivity contribution is -0.239. The lowest BCUT2D eigenvalue weighted by Gasteiger charge is -2.60. The number of rotatable bonds is 24. The number of esters is 7. The molecule has 25 heteroatoms. The monoisotopic (exact) mass is 1780 g/mol. The second kappa shape index (κ2) is 40.4. The average Bonchev–Trinajstić information content (AvgIpc) is 0.886. The summed E-state index contributed by atoms with van der Waals surface area (Å²) < 4.78 is 122. The van der Waals surface area contributed by atoms with Gasteiger partial charge < -0.3 is 52.3 Å². The van der Waals surface area contributed by atoms with E-state index in [1.165, 1.54) is 49.1 Å². The third-order valence-electron chi connectivity index (χ3n) is 25.3. The molecular formula is C101H127F3O20S2. The molecule has 8 unspecified atom stereocenters. The summed E-state index contributed by atoms with van der Waals surface area (Å²) in [6.45, 7) is 38.3. The van der Waals surface area contributed by atoms with E-state index in [0.717, 1.165) is 31.4 Å². The van der Waals surface area contributed by atoms with Gasteiger partial charge in [-0.25, -0.2) is 8.42 Å². The maximum atomic E-state index is 13.3. The van der Waals surface area contributed by atoms with Crippen molar-refractivity contribution in [2.45, 2.75) is 290 Å². The largest absolute Gasteiger partial charge is 0.748 e. The maximum Gasteiger partial charge on any atom is 0.426 e. The molecule has 0 aromatic heterocycles. The smallest absolute Gasteiger partial charge is 0.426 e. The van der Waals surface area contributed by atoms with Crippen molar-refractivity contribution in [3.63, 3.8) is 0 Å². The molecule has 15 rings (SSSR count). The van der Waals surface area contributed by atoms with Crippen LogP contribution < -0.4 is 14.2 Å². The van der Waals surface area contributed by atoms with Gasteiger partial charge in [-0.15, -0.1) is 0 Å². The van der Waals surface area contributed by atoms with Crippen molar-refractivity contribution < 1.29 is 107 Å². The van der Waals surface area contributed by atoms with Gasteiger partial charge in [0.2, 0.25) is 6.10 Å². The number of halogens is 3. The summed E-state index contributed by atoms with van der Waals surface area (Å²) in [6.07, 6.45) is -2.77. The molecule has 3 saturated heterocycles. The third kappa shape index (κ3) is 25.3. The number of benzene rings is 7. The van der Waals surface area contributed by atoms with Gasteiger partial charge in [-0.3, -0.25) is 33.6 Å².